The Morgan fingerprint density at radius 1 is 1.35 bits per heavy atom. The summed E-state index contributed by atoms with van der Waals surface area (Å²) in [6.45, 7) is 1.94. The molecule has 0 aromatic carbocycles. The zero-order valence-electron chi connectivity index (χ0n) is 10.5. The van der Waals surface area contributed by atoms with Crippen molar-refractivity contribution in [3.63, 3.8) is 0 Å². The van der Waals surface area contributed by atoms with Crippen molar-refractivity contribution >= 4 is 23.5 Å². The van der Waals surface area contributed by atoms with Crippen molar-refractivity contribution in [3.8, 4) is 11.6 Å². The molecule has 0 unspecified atom stereocenters. The van der Waals surface area contributed by atoms with E-state index in [9.17, 15) is 0 Å². The second kappa shape index (κ2) is 4.27. The van der Waals surface area contributed by atoms with Gasteiger partial charge in [-0.15, -0.1) is 5.10 Å². The Kier molecular flexibility index (Phi) is 2.96. The molecule has 0 bridgehead atoms. The fourth-order valence-corrected chi connectivity index (χ4v) is 1.39. The molecule has 0 aliphatic rings. The first-order valence-electron chi connectivity index (χ1n) is 5.48. The number of ether oxygens (including phenoxy) is 1. The van der Waals surface area contributed by atoms with Gasteiger partial charge in [0.1, 0.15) is 23.5 Å². The van der Waals surface area contributed by atoms with E-state index < -0.39 is 0 Å². The summed E-state index contributed by atoms with van der Waals surface area (Å²) in [5, 5.41) is 11.9. The number of rotatable bonds is 3. The summed E-state index contributed by atoms with van der Waals surface area (Å²) in [5.41, 5.74) is 1.80. The number of nitrogens with zero attached hydrogens (tertiary/aromatic N) is 4. The van der Waals surface area contributed by atoms with Crippen molar-refractivity contribution in [2.24, 2.45) is 0 Å². The molecule has 0 radical (unpaired) electrons. The van der Waals surface area contributed by atoms with E-state index in [2.05, 4.69) is 15.3 Å². The molecule has 0 N–H and O–H groups in total. The van der Waals surface area contributed by atoms with Gasteiger partial charge < -0.3 is 4.74 Å². The van der Waals surface area contributed by atoms with Crippen molar-refractivity contribution in [1.29, 1.82) is 0 Å². The van der Waals surface area contributed by atoms with Gasteiger partial charge in [0.15, 0.2) is 0 Å². The Morgan fingerprint density at radius 3 is 2.71 bits per heavy atom. The minimum Gasteiger partial charge on any atom is -0.498 e. The predicted octanol–water partition coefficient (Wildman–Crippen LogP) is -2.14. The summed E-state index contributed by atoms with van der Waals surface area (Å²) in [4.78, 5) is 0. The lowest BCUT2D eigenvalue weighted by atomic mass is 9.52. The molecule has 0 saturated heterocycles. The van der Waals surface area contributed by atoms with Crippen LogP contribution in [0.25, 0.3) is 5.69 Å². The molecular formula is C9H13B3N4O. The quantitative estimate of drug-likeness (QED) is 0.560. The Hall–Kier alpha value is -1.72. The molecule has 2 heterocycles. The maximum Gasteiger partial charge on any atom is 0.233 e. The summed E-state index contributed by atoms with van der Waals surface area (Å²) in [5.74, 6) is 0.503. The average molecular weight is 226 g/mol. The molecule has 2 aromatic heterocycles. The van der Waals surface area contributed by atoms with Gasteiger partial charge in [0, 0.05) is 17.6 Å². The molecule has 0 fully saturated rings. The molecule has 2 aromatic rings. The Morgan fingerprint density at radius 2 is 2.12 bits per heavy atom. The molecule has 0 amide bonds. The zero-order valence-corrected chi connectivity index (χ0v) is 10.5. The van der Waals surface area contributed by atoms with E-state index in [0.717, 1.165) is 11.4 Å². The van der Waals surface area contributed by atoms with Gasteiger partial charge in [0.05, 0.1) is 17.6 Å². The van der Waals surface area contributed by atoms with Crippen LogP contribution in [0, 0.1) is 6.92 Å². The maximum absolute atomic E-state index is 5.66. The number of hydrogen-bond donors (Lipinski definition) is 0. The normalized spacial score (nSPS) is 11.4. The molecule has 0 saturated carbocycles. The van der Waals surface area contributed by atoms with Crippen molar-refractivity contribution < 1.29 is 4.74 Å². The number of hydrogen-bond acceptors (Lipinski definition) is 4. The van der Waals surface area contributed by atoms with Crippen molar-refractivity contribution in [2.45, 2.75) is 12.2 Å². The van der Waals surface area contributed by atoms with E-state index in [0.29, 0.717) is 5.88 Å². The summed E-state index contributed by atoms with van der Waals surface area (Å²) < 4.78 is 7.41. The number of aromatic nitrogens is 4. The van der Waals surface area contributed by atoms with Crippen LogP contribution in [0.15, 0.2) is 24.5 Å². The molecule has 8 heteroatoms. The van der Waals surface area contributed by atoms with Crippen LogP contribution >= 0.6 is 0 Å². The Balaban J connectivity index is 2.29. The van der Waals surface area contributed by atoms with Crippen LogP contribution in [-0.4, -0.2) is 48.8 Å². The van der Waals surface area contributed by atoms with Crippen LogP contribution in [0.4, 0.5) is 0 Å². The molecular weight excluding hydrogens is 213 g/mol. The standard InChI is InChI=1S/C9H13B3N4O/c1-6-2-3-16(15-6)7-4-8(14-13-5-7)17-9(10,11)12/h2-5H,10-12H2,1H3. The second-order valence-corrected chi connectivity index (χ2v) is 4.87. The minimum absolute atomic E-state index is 0.284. The fraction of sp³-hybridized carbons (Fsp3) is 0.222. The molecule has 0 atom stereocenters. The van der Waals surface area contributed by atoms with E-state index in [1.165, 1.54) is 0 Å². The maximum atomic E-state index is 5.66. The Bertz CT molecular complexity index is 523. The van der Waals surface area contributed by atoms with E-state index in [-0.39, 0.29) is 5.30 Å². The van der Waals surface area contributed by atoms with Crippen LogP contribution < -0.4 is 4.74 Å². The van der Waals surface area contributed by atoms with Gasteiger partial charge >= 0.3 is 0 Å². The highest BCUT2D eigenvalue weighted by Crippen LogP contribution is 2.14. The first-order chi connectivity index (χ1) is 7.94. The third-order valence-electron chi connectivity index (χ3n) is 2.02. The average Bonchev–Trinajstić information content (AvgIpc) is 2.63. The third-order valence-corrected chi connectivity index (χ3v) is 2.02. The first-order valence-corrected chi connectivity index (χ1v) is 5.48. The molecule has 0 aliphatic heterocycles. The summed E-state index contributed by atoms with van der Waals surface area (Å²) in [7, 11) is 5.91. The molecule has 2 rings (SSSR count). The van der Waals surface area contributed by atoms with Crippen molar-refractivity contribution in [1.82, 2.24) is 20.0 Å². The largest absolute Gasteiger partial charge is 0.498 e. The van der Waals surface area contributed by atoms with Crippen LogP contribution in [0.5, 0.6) is 5.88 Å². The highest BCUT2D eigenvalue weighted by Gasteiger charge is 2.14. The smallest absolute Gasteiger partial charge is 0.233 e. The monoisotopic (exact) mass is 226 g/mol. The molecule has 84 valence electrons. The molecule has 17 heavy (non-hydrogen) atoms. The van der Waals surface area contributed by atoms with E-state index in [1.807, 2.05) is 48.8 Å². The van der Waals surface area contributed by atoms with Gasteiger partial charge in [-0.2, -0.15) is 10.2 Å². The van der Waals surface area contributed by atoms with Crippen LogP contribution in [-0.2, 0) is 0 Å². The van der Waals surface area contributed by atoms with E-state index in [4.69, 9.17) is 4.74 Å². The molecule has 5 nitrogen and oxygen atoms in total. The van der Waals surface area contributed by atoms with Crippen molar-refractivity contribution in [3.05, 3.63) is 30.2 Å². The first kappa shape index (κ1) is 11.8. The second-order valence-electron chi connectivity index (χ2n) is 4.87. The minimum atomic E-state index is -0.284. The van der Waals surface area contributed by atoms with E-state index >= 15 is 0 Å². The van der Waals surface area contributed by atoms with Gasteiger partial charge in [0.25, 0.3) is 0 Å². The fourth-order valence-electron chi connectivity index (χ4n) is 1.39. The SMILES string of the molecule is BC(B)(B)Oc1cc(-n2ccc(C)n2)cnn1. The van der Waals surface area contributed by atoms with Crippen molar-refractivity contribution in [2.75, 3.05) is 0 Å². The summed E-state index contributed by atoms with van der Waals surface area (Å²) in [6, 6.07) is 3.76. The molecule has 0 aliphatic carbocycles. The zero-order chi connectivity index (χ0) is 12.5. The predicted molar refractivity (Wildman–Crippen MR) is 72.9 cm³/mol. The molecule has 0 spiro atoms. The summed E-state index contributed by atoms with van der Waals surface area (Å²) >= 11 is 0. The van der Waals surface area contributed by atoms with Gasteiger partial charge in [-0.1, -0.05) is 0 Å². The third kappa shape index (κ3) is 3.12. The highest BCUT2D eigenvalue weighted by molar-refractivity contribution is 6.58. The van der Waals surface area contributed by atoms with Gasteiger partial charge in [0.2, 0.25) is 5.88 Å². The van der Waals surface area contributed by atoms with Crippen LogP contribution in [0.3, 0.4) is 0 Å². The summed E-state index contributed by atoms with van der Waals surface area (Å²) in [6.07, 6.45) is 3.54. The highest BCUT2D eigenvalue weighted by atomic mass is 16.5. The lowest BCUT2D eigenvalue weighted by Gasteiger charge is -2.20. The lowest BCUT2D eigenvalue weighted by molar-refractivity contribution is 0.301. The topological polar surface area (TPSA) is 52.8 Å². The lowest BCUT2D eigenvalue weighted by Crippen LogP contribution is -2.37. The Labute approximate surface area is 103 Å². The van der Waals surface area contributed by atoms with Gasteiger partial charge in [-0.3, -0.25) is 0 Å². The van der Waals surface area contributed by atoms with Crippen LogP contribution in [0.2, 0.25) is 0 Å². The van der Waals surface area contributed by atoms with E-state index in [1.54, 1.807) is 10.9 Å². The van der Waals surface area contributed by atoms with Gasteiger partial charge in [-0.05, 0) is 13.0 Å². The van der Waals surface area contributed by atoms with Gasteiger partial charge in [-0.25, -0.2) is 4.68 Å². The van der Waals surface area contributed by atoms with Crippen LogP contribution in [0.1, 0.15) is 5.69 Å². The number of aryl methyl sites for hydroxylation is 1.